The van der Waals surface area contributed by atoms with Gasteiger partial charge in [0.05, 0.1) is 18.1 Å². The molecule has 0 aromatic rings. The summed E-state index contributed by atoms with van der Waals surface area (Å²) in [5.41, 5.74) is 0. The Kier molecular flexibility index (Phi) is 6.01. The number of nitriles is 2. The fraction of sp³-hybridized carbons (Fsp3) is 0.857. The molecule has 1 rings (SSSR count). The summed E-state index contributed by atoms with van der Waals surface area (Å²) in [7, 11) is 0. The van der Waals surface area contributed by atoms with Crippen molar-refractivity contribution >= 4 is 0 Å². The topological polar surface area (TPSA) is 50.8 Å². The monoisotopic (exact) mass is 233 g/mol. The van der Waals surface area contributed by atoms with Crippen molar-refractivity contribution in [1.29, 1.82) is 10.5 Å². The Morgan fingerprint density at radius 2 is 2.00 bits per heavy atom. The first kappa shape index (κ1) is 14.0. The molecule has 0 aliphatic heterocycles. The lowest BCUT2D eigenvalue weighted by Gasteiger charge is -2.39. The van der Waals surface area contributed by atoms with Crippen LogP contribution >= 0.6 is 0 Å². The summed E-state index contributed by atoms with van der Waals surface area (Å²) < 4.78 is 0. The summed E-state index contributed by atoms with van der Waals surface area (Å²) in [5.74, 6) is 0.928. The smallest absolute Gasteiger partial charge is 0.0672 e. The molecule has 0 heterocycles. The Balaban J connectivity index is 2.67. The Morgan fingerprint density at radius 3 is 2.53 bits per heavy atom. The molecule has 3 heteroatoms. The third-order valence-corrected chi connectivity index (χ3v) is 4.05. The van der Waals surface area contributed by atoms with E-state index in [0.29, 0.717) is 12.5 Å². The molecule has 3 atom stereocenters. The highest BCUT2D eigenvalue weighted by Gasteiger charge is 2.33. The molecule has 0 amide bonds. The number of hydrogen-bond donors (Lipinski definition) is 0. The van der Waals surface area contributed by atoms with Gasteiger partial charge in [0.15, 0.2) is 0 Å². The van der Waals surface area contributed by atoms with Crippen molar-refractivity contribution in [3.8, 4) is 12.1 Å². The molecule has 0 saturated heterocycles. The molecule has 3 unspecified atom stereocenters. The second-order valence-electron chi connectivity index (χ2n) is 4.93. The van der Waals surface area contributed by atoms with Crippen LogP contribution in [-0.4, -0.2) is 24.0 Å². The zero-order valence-electron chi connectivity index (χ0n) is 11.0. The molecule has 1 aliphatic rings. The quantitative estimate of drug-likeness (QED) is 0.733. The van der Waals surface area contributed by atoms with E-state index in [-0.39, 0.29) is 5.92 Å². The van der Waals surface area contributed by atoms with Crippen molar-refractivity contribution in [3.63, 3.8) is 0 Å². The van der Waals surface area contributed by atoms with Gasteiger partial charge in [-0.3, -0.25) is 4.90 Å². The van der Waals surface area contributed by atoms with Crippen LogP contribution in [0.3, 0.4) is 0 Å². The van der Waals surface area contributed by atoms with Crippen molar-refractivity contribution in [1.82, 2.24) is 4.90 Å². The van der Waals surface area contributed by atoms with E-state index in [9.17, 15) is 5.26 Å². The van der Waals surface area contributed by atoms with E-state index in [0.717, 1.165) is 31.8 Å². The second-order valence-corrected chi connectivity index (χ2v) is 4.93. The van der Waals surface area contributed by atoms with Crippen LogP contribution in [0.4, 0.5) is 0 Å². The average molecular weight is 233 g/mol. The fourth-order valence-electron chi connectivity index (χ4n) is 2.91. The molecule has 17 heavy (non-hydrogen) atoms. The summed E-state index contributed by atoms with van der Waals surface area (Å²) in [6.45, 7) is 6.12. The van der Waals surface area contributed by atoms with Gasteiger partial charge in [-0.2, -0.15) is 10.5 Å². The molecular weight excluding hydrogens is 210 g/mol. The number of rotatable bonds is 5. The van der Waals surface area contributed by atoms with Gasteiger partial charge in [0.25, 0.3) is 0 Å². The maximum atomic E-state index is 9.25. The largest absolute Gasteiger partial charge is 0.298 e. The molecular formula is C14H23N3. The van der Waals surface area contributed by atoms with Crippen LogP contribution < -0.4 is 0 Å². The third kappa shape index (κ3) is 3.72. The van der Waals surface area contributed by atoms with E-state index in [2.05, 4.69) is 30.9 Å². The highest BCUT2D eigenvalue weighted by Crippen LogP contribution is 2.33. The van der Waals surface area contributed by atoms with Crippen molar-refractivity contribution in [2.75, 3.05) is 13.1 Å². The van der Waals surface area contributed by atoms with Crippen molar-refractivity contribution < 1.29 is 0 Å². The van der Waals surface area contributed by atoms with E-state index >= 15 is 0 Å². The third-order valence-electron chi connectivity index (χ3n) is 4.05. The summed E-state index contributed by atoms with van der Waals surface area (Å²) in [6.07, 6.45) is 5.14. The fourth-order valence-corrected chi connectivity index (χ4v) is 2.91. The Bertz CT molecular complexity index is 300. The SMILES string of the molecule is CCC1CCC(C#N)C(N(CC)CCC#N)C1. The maximum absolute atomic E-state index is 9.25. The minimum atomic E-state index is 0.163. The van der Waals surface area contributed by atoms with E-state index in [1.54, 1.807) is 0 Å². The highest BCUT2D eigenvalue weighted by atomic mass is 15.2. The predicted octanol–water partition coefficient (Wildman–Crippen LogP) is 2.94. The van der Waals surface area contributed by atoms with E-state index in [4.69, 9.17) is 5.26 Å². The van der Waals surface area contributed by atoms with Gasteiger partial charge >= 0.3 is 0 Å². The number of nitrogens with zero attached hydrogens (tertiary/aromatic N) is 3. The zero-order chi connectivity index (χ0) is 12.7. The van der Waals surface area contributed by atoms with Gasteiger partial charge in [-0.25, -0.2) is 0 Å². The number of hydrogen-bond acceptors (Lipinski definition) is 3. The Morgan fingerprint density at radius 1 is 1.24 bits per heavy atom. The lowest BCUT2D eigenvalue weighted by molar-refractivity contribution is 0.106. The highest BCUT2D eigenvalue weighted by molar-refractivity contribution is 4.97. The molecule has 0 spiro atoms. The molecule has 1 fully saturated rings. The van der Waals surface area contributed by atoms with Crippen LogP contribution in [0.15, 0.2) is 0 Å². The second kappa shape index (κ2) is 7.30. The Labute approximate surface area is 105 Å². The minimum Gasteiger partial charge on any atom is -0.298 e. The first-order valence-electron chi connectivity index (χ1n) is 6.77. The van der Waals surface area contributed by atoms with Crippen LogP contribution in [0.2, 0.25) is 0 Å². The van der Waals surface area contributed by atoms with Crippen LogP contribution in [0.1, 0.15) is 46.0 Å². The standard InChI is InChI=1S/C14H23N3/c1-3-12-6-7-13(11-16)14(10-12)17(4-2)9-5-8-15/h12-14H,3-7,9-10H2,1-2H3. The Hall–Kier alpha value is -1.06. The first-order valence-corrected chi connectivity index (χ1v) is 6.77. The normalized spacial score (nSPS) is 28.6. The van der Waals surface area contributed by atoms with Gasteiger partial charge in [0, 0.05) is 19.0 Å². The maximum Gasteiger partial charge on any atom is 0.0672 e. The molecule has 0 bridgehead atoms. The average Bonchev–Trinajstić information content (AvgIpc) is 2.39. The summed E-state index contributed by atoms with van der Waals surface area (Å²) in [5, 5.41) is 17.9. The molecule has 1 aliphatic carbocycles. The molecule has 0 N–H and O–H groups in total. The van der Waals surface area contributed by atoms with Gasteiger partial charge in [-0.1, -0.05) is 20.3 Å². The van der Waals surface area contributed by atoms with Gasteiger partial charge in [0.2, 0.25) is 0 Å². The van der Waals surface area contributed by atoms with Gasteiger partial charge in [-0.15, -0.1) is 0 Å². The molecule has 0 aromatic carbocycles. The van der Waals surface area contributed by atoms with Gasteiger partial charge < -0.3 is 0 Å². The summed E-state index contributed by atoms with van der Waals surface area (Å²) >= 11 is 0. The van der Waals surface area contributed by atoms with Crippen molar-refractivity contribution in [3.05, 3.63) is 0 Å². The van der Waals surface area contributed by atoms with E-state index in [1.165, 1.54) is 12.8 Å². The summed E-state index contributed by atoms with van der Waals surface area (Å²) in [6, 6.07) is 5.04. The minimum absolute atomic E-state index is 0.163. The lowest BCUT2D eigenvalue weighted by Crippen LogP contribution is -2.44. The van der Waals surface area contributed by atoms with Crippen LogP contribution in [0, 0.1) is 34.5 Å². The zero-order valence-corrected chi connectivity index (χ0v) is 11.0. The molecule has 1 saturated carbocycles. The van der Waals surface area contributed by atoms with Crippen LogP contribution in [0.5, 0.6) is 0 Å². The van der Waals surface area contributed by atoms with Crippen LogP contribution in [0.25, 0.3) is 0 Å². The molecule has 0 aromatic heterocycles. The summed E-state index contributed by atoms with van der Waals surface area (Å²) in [4.78, 5) is 2.33. The molecule has 0 radical (unpaired) electrons. The van der Waals surface area contributed by atoms with E-state index in [1.807, 2.05) is 0 Å². The lowest BCUT2D eigenvalue weighted by atomic mass is 9.77. The van der Waals surface area contributed by atoms with Gasteiger partial charge in [0.1, 0.15) is 0 Å². The molecule has 94 valence electrons. The predicted molar refractivity (Wildman–Crippen MR) is 68.0 cm³/mol. The molecule has 3 nitrogen and oxygen atoms in total. The van der Waals surface area contributed by atoms with Crippen molar-refractivity contribution in [2.24, 2.45) is 11.8 Å². The van der Waals surface area contributed by atoms with Gasteiger partial charge in [-0.05, 0) is 31.7 Å². The van der Waals surface area contributed by atoms with Crippen LogP contribution in [-0.2, 0) is 0 Å². The first-order chi connectivity index (χ1) is 8.26. The van der Waals surface area contributed by atoms with Crippen molar-refractivity contribution in [2.45, 2.75) is 52.0 Å². The van der Waals surface area contributed by atoms with E-state index < -0.39 is 0 Å².